The molecule has 0 aromatic heterocycles. The van der Waals surface area contributed by atoms with Crippen LogP contribution in [0, 0.1) is 16.0 Å². The van der Waals surface area contributed by atoms with Crippen molar-refractivity contribution < 1.29 is 22.8 Å². The van der Waals surface area contributed by atoms with Gasteiger partial charge in [-0.3, -0.25) is 10.1 Å². The molecule has 0 radical (unpaired) electrons. The number of benzene rings is 2. The Bertz CT molecular complexity index is 983. The van der Waals surface area contributed by atoms with Crippen molar-refractivity contribution in [3.05, 3.63) is 58.1 Å². The average Bonchev–Trinajstić information content (AvgIpc) is 2.77. The predicted molar refractivity (Wildman–Crippen MR) is 112 cm³/mol. The lowest BCUT2D eigenvalue weighted by Gasteiger charge is -2.31. The lowest BCUT2D eigenvalue weighted by atomic mass is 9.91. The molecular weight excluding hydrogens is 408 g/mol. The van der Waals surface area contributed by atoms with E-state index >= 15 is 0 Å². The van der Waals surface area contributed by atoms with Crippen LogP contribution in [-0.2, 0) is 16.4 Å². The lowest BCUT2D eigenvalue weighted by Crippen LogP contribution is -2.38. The van der Waals surface area contributed by atoms with Gasteiger partial charge in [0.25, 0.3) is 0 Å². The van der Waals surface area contributed by atoms with Crippen molar-refractivity contribution in [3.8, 4) is 11.5 Å². The average molecular weight is 435 g/mol. The summed E-state index contributed by atoms with van der Waals surface area (Å²) < 4.78 is 37.5. The first-order chi connectivity index (χ1) is 14.3. The quantitative estimate of drug-likeness (QED) is 0.465. The summed E-state index contributed by atoms with van der Waals surface area (Å²) in [6.45, 7) is 0.824. The minimum absolute atomic E-state index is 0.0381. The molecule has 0 amide bonds. The van der Waals surface area contributed by atoms with Crippen LogP contribution < -0.4 is 9.47 Å². The Kier molecular flexibility index (Phi) is 6.94. The second-order valence-electron chi connectivity index (χ2n) is 7.32. The largest absolute Gasteiger partial charge is 0.497 e. The van der Waals surface area contributed by atoms with Crippen LogP contribution in [0.15, 0.2) is 47.4 Å². The van der Waals surface area contributed by atoms with Gasteiger partial charge in [0.05, 0.1) is 24.0 Å². The molecule has 3 rings (SSSR count). The highest BCUT2D eigenvalue weighted by Crippen LogP contribution is 2.32. The minimum Gasteiger partial charge on any atom is -0.497 e. The Balaban J connectivity index is 1.60. The second kappa shape index (κ2) is 9.44. The monoisotopic (exact) mass is 434 g/mol. The van der Waals surface area contributed by atoms with Crippen LogP contribution in [0.1, 0.15) is 24.8 Å². The zero-order valence-corrected chi connectivity index (χ0v) is 17.9. The van der Waals surface area contributed by atoms with Gasteiger partial charge in [0.2, 0.25) is 10.0 Å². The third-order valence-corrected chi connectivity index (χ3v) is 7.45. The Morgan fingerprint density at radius 3 is 2.30 bits per heavy atom. The van der Waals surface area contributed by atoms with Gasteiger partial charge < -0.3 is 9.47 Å². The molecule has 1 fully saturated rings. The van der Waals surface area contributed by atoms with E-state index in [0.29, 0.717) is 19.0 Å². The number of sulfonamides is 1. The van der Waals surface area contributed by atoms with E-state index in [-0.39, 0.29) is 16.3 Å². The molecule has 1 aliphatic rings. The maximum Gasteiger partial charge on any atom is 0.312 e. The maximum absolute atomic E-state index is 13.0. The molecular formula is C21H26N2O6S. The van der Waals surface area contributed by atoms with Crippen molar-refractivity contribution in [1.82, 2.24) is 4.31 Å². The molecule has 162 valence electrons. The zero-order chi connectivity index (χ0) is 21.7. The van der Waals surface area contributed by atoms with E-state index in [0.717, 1.165) is 37.5 Å². The predicted octanol–water partition coefficient (Wildman–Crippen LogP) is 3.65. The van der Waals surface area contributed by atoms with Crippen LogP contribution in [-0.4, -0.2) is 45.0 Å². The van der Waals surface area contributed by atoms with Gasteiger partial charge in [0.1, 0.15) is 5.75 Å². The van der Waals surface area contributed by atoms with Gasteiger partial charge >= 0.3 is 5.69 Å². The number of nitro benzene ring substituents is 1. The first-order valence-electron chi connectivity index (χ1n) is 9.80. The van der Waals surface area contributed by atoms with E-state index in [1.807, 2.05) is 12.1 Å². The lowest BCUT2D eigenvalue weighted by molar-refractivity contribution is -0.386. The highest BCUT2D eigenvalue weighted by Gasteiger charge is 2.31. The van der Waals surface area contributed by atoms with Gasteiger partial charge in [-0.25, -0.2) is 8.42 Å². The summed E-state index contributed by atoms with van der Waals surface area (Å²) >= 11 is 0. The summed E-state index contributed by atoms with van der Waals surface area (Å²) in [5, 5.41) is 11.2. The van der Waals surface area contributed by atoms with Gasteiger partial charge in [-0.2, -0.15) is 4.31 Å². The van der Waals surface area contributed by atoms with Crippen molar-refractivity contribution >= 4 is 15.7 Å². The third kappa shape index (κ3) is 4.91. The van der Waals surface area contributed by atoms with Crippen LogP contribution in [0.4, 0.5) is 5.69 Å². The summed E-state index contributed by atoms with van der Waals surface area (Å²) in [6, 6.07) is 11.7. The minimum atomic E-state index is -3.78. The van der Waals surface area contributed by atoms with Crippen LogP contribution in [0.5, 0.6) is 11.5 Å². The van der Waals surface area contributed by atoms with E-state index < -0.39 is 14.9 Å². The molecule has 8 nitrogen and oxygen atoms in total. The van der Waals surface area contributed by atoms with E-state index in [2.05, 4.69) is 12.1 Å². The number of hydrogen-bond acceptors (Lipinski definition) is 6. The molecule has 0 aliphatic carbocycles. The Labute approximate surface area is 176 Å². The smallest absolute Gasteiger partial charge is 0.312 e. The van der Waals surface area contributed by atoms with Crippen LogP contribution in [0.3, 0.4) is 0 Å². The van der Waals surface area contributed by atoms with E-state index in [9.17, 15) is 18.5 Å². The van der Waals surface area contributed by atoms with Crippen molar-refractivity contribution in [3.63, 3.8) is 0 Å². The molecule has 0 saturated carbocycles. The molecule has 0 N–H and O–H groups in total. The van der Waals surface area contributed by atoms with Crippen LogP contribution in [0.25, 0.3) is 0 Å². The van der Waals surface area contributed by atoms with Gasteiger partial charge in [0.15, 0.2) is 5.75 Å². The van der Waals surface area contributed by atoms with Crippen LogP contribution >= 0.6 is 0 Å². The first-order valence-corrected chi connectivity index (χ1v) is 11.2. The Morgan fingerprint density at radius 2 is 1.73 bits per heavy atom. The SMILES string of the molecule is COc1ccc(CCC2CCN(S(=O)(=O)c3ccc(OC)c([N+](=O)[O-])c3)CC2)cc1. The maximum atomic E-state index is 13.0. The zero-order valence-electron chi connectivity index (χ0n) is 17.1. The highest BCUT2D eigenvalue weighted by molar-refractivity contribution is 7.89. The number of methoxy groups -OCH3 is 2. The molecule has 9 heteroatoms. The fourth-order valence-electron chi connectivity index (χ4n) is 3.72. The fourth-order valence-corrected chi connectivity index (χ4v) is 5.21. The first kappa shape index (κ1) is 22.0. The van der Waals surface area contributed by atoms with Gasteiger partial charge in [-0.05, 0) is 61.4 Å². The van der Waals surface area contributed by atoms with Gasteiger partial charge in [0, 0.05) is 19.2 Å². The van der Waals surface area contributed by atoms with Gasteiger partial charge in [-0.1, -0.05) is 12.1 Å². The van der Waals surface area contributed by atoms with Crippen molar-refractivity contribution in [2.45, 2.75) is 30.6 Å². The number of hydrogen-bond donors (Lipinski definition) is 0. The number of ether oxygens (including phenoxy) is 2. The third-order valence-electron chi connectivity index (χ3n) is 5.56. The number of aryl methyl sites for hydroxylation is 1. The number of rotatable bonds is 8. The molecule has 1 aliphatic heterocycles. The van der Waals surface area contributed by atoms with Gasteiger partial charge in [-0.15, -0.1) is 0 Å². The molecule has 2 aromatic rings. The molecule has 0 unspecified atom stereocenters. The van der Waals surface area contributed by atoms with Crippen molar-refractivity contribution in [2.75, 3.05) is 27.3 Å². The molecule has 0 atom stereocenters. The summed E-state index contributed by atoms with van der Waals surface area (Å²) in [5.41, 5.74) is 0.879. The summed E-state index contributed by atoms with van der Waals surface area (Å²) in [4.78, 5) is 10.5. The standard InChI is InChI=1S/C21H26N2O6S/c1-28-18-7-5-16(6-8-18)3-4-17-11-13-22(14-12-17)30(26,27)19-9-10-21(29-2)20(15-19)23(24)25/h5-10,15,17H,3-4,11-14H2,1-2H3. The number of piperidine rings is 1. The topological polar surface area (TPSA) is 99.0 Å². The molecule has 2 aromatic carbocycles. The highest BCUT2D eigenvalue weighted by atomic mass is 32.2. The van der Waals surface area contributed by atoms with E-state index in [1.54, 1.807) is 7.11 Å². The fraction of sp³-hybridized carbons (Fsp3) is 0.429. The van der Waals surface area contributed by atoms with E-state index in [4.69, 9.17) is 9.47 Å². The molecule has 1 saturated heterocycles. The van der Waals surface area contributed by atoms with E-state index in [1.165, 1.54) is 29.1 Å². The molecule has 0 spiro atoms. The second-order valence-corrected chi connectivity index (χ2v) is 9.26. The summed E-state index contributed by atoms with van der Waals surface area (Å²) in [5.74, 6) is 1.32. The summed E-state index contributed by atoms with van der Waals surface area (Å²) in [7, 11) is -0.829. The van der Waals surface area contributed by atoms with Crippen molar-refractivity contribution in [2.24, 2.45) is 5.92 Å². The number of nitro groups is 1. The normalized spacial score (nSPS) is 15.7. The Morgan fingerprint density at radius 1 is 1.07 bits per heavy atom. The number of nitrogens with zero attached hydrogens (tertiary/aromatic N) is 2. The Hall–Kier alpha value is -2.65. The van der Waals surface area contributed by atoms with Crippen LogP contribution in [0.2, 0.25) is 0 Å². The van der Waals surface area contributed by atoms with Crippen molar-refractivity contribution in [1.29, 1.82) is 0 Å². The summed E-state index contributed by atoms with van der Waals surface area (Å²) in [6.07, 6.45) is 3.47. The molecule has 0 bridgehead atoms. The molecule has 30 heavy (non-hydrogen) atoms. The molecule has 1 heterocycles.